The molecule has 0 amide bonds. The maximum absolute atomic E-state index is 10.2. The fraction of sp³-hybridized carbons (Fsp3) is 0.471. The molecule has 114 valence electrons. The van der Waals surface area contributed by atoms with Gasteiger partial charge in [-0.25, -0.2) is 0 Å². The number of aliphatic hydroxyl groups excluding tert-OH is 1. The molecular weight excluding hydrogens is 262 g/mol. The van der Waals surface area contributed by atoms with Gasteiger partial charge in [0.05, 0.1) is 12.3 Å². The lowest BCUT2D eigenvalue weighted by molar-refractivity contribution is 0.175. The summed E-state index contributed by atoms with van der Waals surface area (Å²) in [6.07, 6.45) is 4.36. The maximum atomic E-state index is 10.2. The number of aromatic nitrogens is 2. The molecule has 0 saturated carbocycles. The van der Waals surface area contributed by atoms with Crippen LogP contribution in [-0.2, 0) is 13.5 Å². The van der Waals surface area contributed by atoms with E-state index in [4.69, 9.17) is 0 Å². The van der Waals surface area contributed by atoms with Crippen LogP contribution < -0.4 is 5.32 Å². The molecule has 0 bridgehead atoms. The highest BCUT2D eigenvalue weighted by Gasteiger charge is 2.07. The van der Waals surface area contributed by atoms with E-state index in [-0.39, 0.29) is 0 Å². The van der Waals surface area contributed by atoms with Crippen molar-refractivity contribution in [2.24, 2.45) is 7.05 Å². The minimum atomic E-state index is -0.458. The Balaban J connectivity index is 1.75. The third-order valence-electron chi connectivity index (χ3n) is 3.67. The summed E-state index contributed by atoms with van der Waals surface area (Å²) in [6, 6.07) is 8.23. The zero-order valence-corrected chi connectivity index (χ0v) is 13.1. The molecule has 1 aromatic heterocycles. The van der Waals surface area contributed by atoms with E-state index in [1.807, 2.05) is 31.6 Å². The van der Waals surface area contributed by atoms with E-state index in [0.717, 1.165) is 18.5 Å². The summed E-state index contributed by atoms with van der Waals surface area (Å²) < 4.78 is 1.81. The first kappa shape index (κ1) is 15.7. The molecule has 4 nitrogen and oxygen atoms in total. The minimum Gasteiger partial charge on any atom is -0.387 e. The van der Waals surface area contributed by atoms with Crippen LogP contribution in [0.1, 0.15) is 42.6 Å². The standard InChI is InChI=1S/C17H25N3O/c1-13(2)15-4-6-16(7-5-15)17(21)11-18-9-8-14-10-19-20(3)12-14/h4-7,10,12-13,17-18,21H,8-9,11H2,1-3H3. The van der Waals surface area contributed by atoms with Gasteiger partial charge in [0.15, 0.2) is 0 Å². The van der Waals surface area contributed by atoms with Crippen molar-refractivity contribution in [3.8, 4) is 0 Å². The van der Waals surface area contributed by atoms with Crippen LogP contribution in [0.5, 0.6) is 0 Å². The number of nitrogens with one attached hydrogen (secondary N) is 1. The predicted molar refractivity (Wildman–Crippen MR) is 85.3 cm³/mol. The van der Waals surface area contributed by atoms with Crippen molar-refractivity contribution in [1.29, 1.82) is 0 Å². The monoisotopic (exact) mass is 287 g/mol. The topological polar surface area (TPSA) is 50.1 Å². The Kier molecular flexibility index (Phi) is 5.53. The zero-order valence-electron chi connectivity index (χ0n) is 13.1. The van der Waals surface area contributed by atoms with Gasteiger partial charge in [-0.2, -0.15) is 5.10 Å². The van der Waals surface area contributed by atoms with Crippen molar-refractivity contribution < 1.29 is 5.11 Å². The fourth-order valence-electron chi connectivity index (χ4n) is 2.29. The Morgan fingerprint density at radius 3 is 2.43 bits per heavy atom. The van der Waals surface area contributed by atoms with Crippen LogP contribution >= 0.6 is 0 Å². The van der Waals surface area contributed by atoms with E-state index in [2.05, 4.69) is 36.4 Å². The van der Waals surface area contributed by atoms with E-state index >= 15 is 0 Å². The Labute approximate surface area is 126 Å². The van der Waals surface area contributed by atoms with Gasteiger partial charge in [0.1, 0.15) is 0 Å². The molecule has 1 heterocycles. The number of hydrogen-bond acceptors (Lipinski definition) is 3. The lowest BCUT2D eigenvalue weighted by Crippen LogP contribution is -2.23. The first-order valence-electron chi connectivity index (χ1n) is 7.52. The zero-order chi connectivity index (χ0) is 15.2. The summed E-state index contributed by atoms with van der Waals surface area (Å²) in [7, 11) is 1.92. The highest BCUT2D eigenvalue weighted by atomic mass is 16.3. The molecule has 21 heavy (non-hydrogen) atoms. The van der Waals surface area contributed by atoms with E-state index in [1.54, 1.807) is 4.68 Å². The van der Waals surface area contributed by atoms with E-state index < -0.39 is 6.10 Å². The second-order valence-electron chi connectivity index (χ2n) is 5.81. The SMILES string of the molecule is CC(C)c1ccc(C(O)CNCCc2cnn(C)c2)cc1. The van der Waals surface area contributed by atoms with E-state index in [0.29, 0.717) is 12.5 Å². The highest BCUT2D eigenvalue weighted by Crippen LogP contribution is 2.18. The fourth-order valence-corrected chi connectivity index (χ4v) is 2.29. The molecule has 2 aromatic rings. The summed E-state index contributed by atoms with van der Waals surface area (Å²) in [5.74, 6) is 0.522. The molecule has 1 unspecified atom stereocenters. The molecule has 4 heteroatoms. The van der Waals surface area contributed by atoms with E-state index in [9.17, 15) is 5.11 Å². The molecule has 0 spiro atoms. The summed E-state index contributed by atoms with van der Waals surface area (Å²) in [5.41, 5.74) is 3.48. The molecule has 2 rings (SSSR count). The van der Waals surface area contributed by atoms with Crippen molar-refractivity contribution in [3.63, 3.8) is 0 Å². The van der Waals surface area contributed by atoms with Crippen molar-refractivity contribution in [3.05, 3.63) is 53.3 Å². The van der Waals surface area contributed by atoms with Gasteiger partial charge in [0.2, 0.25) is 0 Å². The smallest absolute Gasteiger partial charge is 0.0914 e. The van der Waals surface area contributed by atoms with Crippen LogP contribution in [0.15, 0.2) is 36.7 Å². The lowest BCUT2D eigenvalue weighted by Gasteiger charge is -2.13. The molecule has 0 fully saturated rings. The molecule has 0 aliphatic heterocycles. The first-order chi connectivity index (χ1) is 10.1. The molecule has 0 aliphatic carbocycles. The molecular formula is C17H25N3O. The largest absolute Gasteiger partial charge is 0.387 e. The number of benzene rings is 1. The van der Waals surface area contributed by atoms with Gasteiger partial charge in [0.25, 0.3) is 0 Å². The van der Waals surface area contributed by atoms with Gasteiger partial charge in [-0.1, -0.05) is 38.1 Å². The lowest BCUT2D eigenvalue weighted by atomic mass is 10.00. The van der Waals surface area contributed by atoms with Crippen molar-refractivity contribution in [2.45, 2.75) is 32.3 Å². The number of aryl methyl sites for hydroxylation is 1. The summed E-state index contributed by atoms with van der Waals surface area (Å²) in [5, 5.41) is 17.6. The first-order valence-corrected chi connectivity index (χ1v) is 7.52. The van der Waals surface area contributed by atoms with Gasteiger partial charge < -0.3 is 10.4 Å². The van der Waals surface area contributed by atoms with Crippen LogP contribution in [0.4, 0.5) is 0 Å². The van der Waals surface area contributed by atoms with Crippen LogP contribution in [-0.4, -0.2) is 28.0 Å². The van der Waals surface area contributed by atoms with E-state index in [1.165, 1.54) is 11.1 Å². The van der Waals surface area contributed by atoms with Crippen LogP contribution in [0.2, 0.25) is 0 Å². The van der Waals surface area contributed by atoms with Gasteiger partial charge in [-0.3, -0.25) is 4.68 Å². The van der Waals surface area contributed by atoms with Gasteiger partial charge in [0, 0.05) is 19.8 Å². The maximum Gasteiger partial charge on any atom is 0.0914 e. The normalized spacial score (nSPS) is 12.8. The average molecular weight is 287 g/mol. The summed E-state index contributed by atoms with van der Waals surface area (Å²) in [6.45, 7) is 5.75. The Bertz CT molecular complexity index is 545. The minimum absolute atomic E-state index is 0.458. The molecule has 1 atom stereocenters. The van der Waals surface area contributed by atoms with Gasteiger partial charge >= 0.3 is 0 Å². The van der Waals surface area contributed by atoms with Crippen molar-refractivity contribution in [2.75, 3.05) is 13.1 Å². The molecule has 1 aromatic carbocycles. The van der Waals surface area contributed by atoms with Crippen molar-refractivity contribution in [1.82, 2.24) is 15.1 Å². The number of rotatable bonds is 7. The summed E-state index contributed by atoms with van der Waals surface area (Å²) in [4.78, 5) is 0. The Morgan fingerprint density at radius 2 is 1.86 bits per heavy atom. The number of aliphatic hydroxyl groups is 1. The quantitative estimate of drug-likeness (QED) is 0.769. The molecule has 2 N–H and O–H groups in total. The Morgan fingerprint density at radius 1 is 1.19 bits per heavy atom. The predicted octanol–water partition coefficient (Wildman–Crippen LogP) is 2.41. The van der Waals surface area contributed by atoms with Crippen LogP contribution in [0, 0.1) is 0 Å². The Hall–Kier alpha value is -1.65. The third-order valence-corrected chi connectivity index (χ3v) is 3.67. The third kappa shape index (κ3) is 4.69. The van der Waals surface area contributed by atoms with Gasteiger partial charge in [-0.15, -0.1) is 0 Å². The molecule has 0 radical (unpaired) electrons. The van der Waals surface area contributed by atoms with Crippen LogP contribution in [0.3, 0.4) is 0 Å². The second kappa shape index (κ2) is 7.38. The second-order valence-corrected chi connectivity index (χ2v) is 5.81. The molecule has 0 saturated heterocycles. The van der Waals surface area contributed by atoms with Gasteiger partial charge in [-0.05, 0) is 35.6 Å². The number of nitrogens with zero attached hydrogens (tertiary/aromatic N) is 2. The van der Waals surface area contributed by atoms with Crippen molar-refractivity contribution >= 4 is 0 Å². The van der Waals surface area contributed by atoms with Crippen LogP contribution in [0.25, 0.3) is 0 Å². The highest BCUT2D eigenvalue weighted by molar-refractivity contribution is 5.26. The average Bonchev–Trinajstić information content (AvgIpc) is 2.89. The summed E-state index contributed by atoms with van der Waals surface area (Å²) >= 11 is 0. The number of hydrogen-bond donors (Lipinski definition) is 2. The molecule has 0 aliphatic rings.